The summed E-state index contributed by atoms with van der Waals surface area (Å²) in [6, 6.07) is 12.2. The zero-order valence-electron chi connectivity index (χ0n) is 9.22. The molecule has 1 unspecified atom stereocenters. The Morgan fingerprint density at radius 1 is 1.12 bits per heavy atom. The van der Waals surface area contributed by atoms with Crippen LogP contribution >= 0.6 is 0 Å². The maximum absolute atomic E-state index is 5.60. The smallest absolute Gasteiger partial charge is 0.0725 e. The first kappa shape index (κ1) is 10.8. The maximum Gasteiger partial charge on any atom is 0.0725 e. The van der Waals surface area contributed by atoms with E-state index in [1.54, 1.807) is 6.20 Å². The fraction of sp³-hybridized carbons (Fsp3) is 0.154. The molecule has 2 rings (SSSR count). The number of nitrogens with two attached hydrogens (primary N) is 1. The van der Waals surface area contributed by atoms with Crippen LogP contribution in [-0.4, -0.2) is 4.98 Å². The molecule has 1 heterocycles. The Labute approximate surface area is 95.3 Å². The summed E-state index contributed by atoms with van der Waals surface area (Å²) < 4.78 is 0. The van der Waals surface area contributed by atoms with E-state index in [0.717, 1.165) is 11.1 Å². The molecule has 0 fully saturated rings. The summed E-state index contributed by atoms with van der Waals surface area (Å²) in [7, 11) is 0. The van der Waals surface area contributed by atoms with E-state index < -0.39 is 0 Å². The van der Waals surface area contributed by atoms with Crippen LogP contribution in [0.5, 0.6) is 0 Å². The molecule has 0 saturated heterocycles. The lowest BCUT2D eigenvalue weighted by molar-refractivity contribution is 0.634. The van der Waals surface area contributed by atoms with Gasteiger partial charge < -0.3 is 0 Å². The molecule has 0 radical (unpaired) electrons. The molecule has 82 valence electrons. The molecule has 1 aromatic carbocycles. The van der Waals surface area contributed by atoms with E-state index in [-0.39, 0.29) is 6.04 Å². The minimum atomic E-state index is -0.00528. The number of hydrogen-bond donors (Lipinski definition) is 2. The van der Waals surface area contributed by atoms with Crippen LogP contribution in [0.3, 0.4) is 0 Å². The van der Waals surface area contributed by atoms with Gasteiger partial charge >= 0.3 is 0 Å². The van der Waals surface area contributed by atoms with Crippen LogP contribution in [-0.2, 0) is 0 Å². The summed E-state index contributed by atoms with van der Waals surface area (Å²) in [5.41, 5.74) is 6.26. The molecule has 16 heavy (non-hydrogen) atoms. The molecule has 1 aromatic heterocycles. The summed E-state index contributed by atoms with van der Waals surface area (Å²) in [6.07, 6.45) is 3.58. The Hall–Kier alpha value is -1.71. The fourth-order valence-electron chi connectivity index (χ4n) is 1.69. The third-order valence-corrected chi connectivity index (χ3v) is 2.60. The number of aryl methyl sites for hydroxylation is 1. The monoisotopic (exact) mass is 213 g/mol. The Kier molecular flexibility index (Phi) is 3.29. The van der Waals surface area contributed by atoms with Crippen molar-refractivity contribution in [2.75, 3.05) is 0 Å². The van der Waals surface area contributed by atoms with Crippen LogP contribution in [0, 0.1) is 6.92 Å². The van der Waals surface area contributed by atoms with Crippen LogP contribution in [0.1, 0.15) is 22.7 Å². The van der Waals surface area contributed by atoms with Gasteiger partial charge in [-0.3, -0.25) is 10.8 Å². The molecular weight excluding hydrogens is 198 g/mol. The van der Waals surface area contributed by atoms with Gasteiger partial charge in [0.1, 0.15) is 0 Å². The van der Waals surface area contributed by atoms with E-state index in [9.17, 15) is 0 Å². The third-order valence-electron chi connectivity index (χ3n) is 2.60. The summed E-state index contributed by atoms with van der Waals surface area (Å²) in [4.78, 5) is 4.10. The van der Waals surface area contributed by atoms with Gasteiger partial charge in [-0.25, -0.2) is 5.43 Å². The van der Waals surface area contributed by atoms with Crippen molar-refractivity contribution in [2.24, 2.45) is 5.84 Å². The number of benzene rings is 1. The summed E-state index contributed by atoms with van der Waals surface area (Å²) in [5.74, 6) is 5.60. The van der Waals surface area contributed by atoms with Crippen molar-refractivity contribution < 1.29 is 0 Å². The molecule has 3 nitrogen and oxygen atoms in total. The van der Waals surface area contributed by atoms with E-state index >= 15 is 0 Å². The molecule has 0 aliphatic rings. The van der Waals surface area contributed by atoms with Crippen molar-refractivity contribution in [3.63, 3.8) is 0 Å². The van der Waals surface area contributed by atoms with Crippen molar-refractivity contribution in [3.05, 3.63) is 65.5 Å². The highest BCUT2D eigenvalue weighted by Crippen LogP contribution is 2.20. The third kappa shape index (κ3) is 2.27. The average molecular weight is 213 g/mol. The number of aromatic nitrogens is 1. The lowest BCUT2D eigenvalue weighted by Gasteiger charge is -2.16. The van der Waals surface area contributed by atoms with Gasteiger partial charge in [0.2, 0.25) is 0 Å². The van der Waals surface area contributed by atoms with Crippen LogP contribution in [0.4, 0.5) is 0 Å². The lowest BCUT2D eigenvalue weighted by Crippen LogP contribution is -2.28. The maximum atomic E-state index is 5.60. The first-order valence-electron chi connectivity index (χ1n) is 5.24. The van der Waals surface area contributed by atoms with E-state index in [1.807, 2.05) is 18.3 Å². The topological polar surface area (TPSA) is 50.9 Å². The number of pyridine rings is 1. The molecular formula is C13H15N3. The minimum absolute atomic E-state index is 0.00528. The Balaban J connectivity index is 2.33. The molecule has 0 amide bonds. The van der Waals surface area contributed by atoms with Crippen molar-refractivity contribution in [3.8, 4) is 0 Å². The predicted octanol–water partition coefficient (Wildman–Crippen LogP) is 1.94. The molecule has 0 aliphatic carbocycles. The molecule has 0 aliphatic heterocycles. The zero-order valence-corrected chi connectivity index (χ0v) is 9.22. The van der Waals surface area contributed by atoms with Crippen LogP contribution < -0.4 is 11.3 Å². The standard InChI is InChI=1S/C13H15N3/c1-10-4-6-11(7-5-10)13(16-14)12-3-2-8-15-9-12/h2-9,13,16H,14H2,1H3. The van der Waals surface area contributed by atoms with Crippen LogP contribution in [0.15, 0.2) is 48.8 Å². The number of nitrogens with one attached hydrogen (secondary N) is 1. The van der Waals surface area contributed by atoms with Gasteiger partial charge in [-0.05, 0) is 24.1 Å². The average Bonchev–Trinajstić information content (AvgIpc) is 2.34. The van der Waals surface area contributed by atoms with E-state index in [1.165, 1.54) is 5.56 Å². The normalized spacial score (nSPS) is 12.4. The molecule has 0 saturated carbocycles. The summed E-state index contributed by atoms with van der Waals surface area (Å²) >= 11 is 0. The highest BCUT2D eigenvalue weighted by Gasteiger charge is 2.11. The molecule has 0 bridgehead atoms. The lowest BCUT2D eigenvalue weighted by atomic mass is 10.00. The van der Waals surface area contributed by atoms with Gasteiger partial charge in [-0.15, -0.1) is 0 Å². The fourth-order valence-corrected chi connectivity index (χ4v) is 1.69. The van der Waals surface area contributed by atoms with Crippen molar-refractivity contribution in [1.82, 2.24) is 10.4 Å². The largest absolute Gasteiger partial charge is 0.271 e. The zero-order chi connectivity index (χ0) is 11.4. The molecule has 1 atom stereocenters. The van der Waals surface area contributed by atoms with E-state index in [0.29, 0.717) is 0 Å². The first-order valence-corrected chi connectivity index (χ1v) is 5.24. The van der Waals surface area contributed by atoms with Crippen molar-refractivity contribution in [2.45, 2.75) is 13.0 Å². The van der Waals surface area contributed by atoms with Gasteiger partial charge in [-0.2, -0.15) is 0 Å². The molecule has 3 N–H and O–H groups in total. The van der Waals surface area contributed by atoms with Crippen molar-refractivity contribution >= 4 is 0 Å². The second-order valence-electron chi connectivity index (χ2n) is 3.80. The second-order valence-corrected chi connectivity index (χ2v) is 3.80. The van der Waals surface area contributed by atoms with Gasteiger partial charge in [0.15, 0.2) is 0 Å². The Morgan fingerprint density at radius 2 is 1.88 bits per heavy atom. The number of nitrogens with zero attached hydrogens (tertiary/aromatic N) is 1. The molecule has 3 heteroatoms. The number of rotatable bonds is 3. The minimum Gasteiger partial charge on any atom is -0.271 e. The Bertz CT molecular complexity index is 436. The van der Waals surface area contributed by atoms with E-state index in [4.69, 9.17) is 5.84 Å². The highest BCUT2D eigenvalue weighted by atomic mass is 15.2. The SMILES string of the molecule is Cc1ccc(C(NN)c2cccnc2)cc1. The quantitative estimate of drug-likeness (QED) is 0.605. The van der Waals surface area contributed by atoms with Gasteiger partial charge in [0, 0.05) is 12.4 Å². The van der Waals surface area contributed by atoms with E-state index in [2.05, 4.69) is 41.6 Å². The van der Waals surface area contributed by atoms with Gasteiger partial charge in [0.05, 0.1) is 6.04 Å². The second kappa shape index (κ2) is 4.88. The summed E-state index contributed by atoms with van der Waals surface area (Å²) in [5, 5.41) is 0. The van der Waals surface area contributed by atoms with Crippen LogP contribution in [0.25, 0.3) is 0 Å². The first-order chi connectivity index (χ1) is 7.81. The molecule has 2 aromatic rings. The van der Waals surface area contributed by atoms with Crippen molar-refractivity contribution in [1.29, 1.82) is 0 Å². The van der Waals surface area contributed by atoms with Gasteiger partial charge in [-0.1, -0.05) is 35.9 Å². The number of hydrazine groups is 1. The van der Waals surface area contributed by atoms with Crippen LogP contribution in [0.2, 0.25) is 0 Å². The highest BCUT2D eigenvalue weighted by molar-refractivity contribution is 5.31. The Morgan fingerprint density at radius 3 is 2.44 bits per heavy atom. The van der Waals surface area contributed by atoms with Gasteiger partial charge in [0.25, 0.3) is 0 Å². The summed E-state index contributed by atoms with van der Waals surface area (Å²) in [6.45, 7) is 2.07. The predicted molar refractivity (Wildman–Crippen MR) is 64.6 cm³/mol. The number of hydrogen-bond acceptors (Lipinski definition) is 3. The molecule has 0 spiro atoms.